The zero-order valence-electron chi connectivity index (χ0n) is 9.37. The predicted octanol–water partition coefficient (Wildman–Crippen LogP) is 4.42. The van der Waals surface area contributed by atoms with E-state index in [1.807, 2.05) is 18.2 Å². The Hall–Kier alpha value is -1.06. The Labute approximate surface area is 114 Å². The van der Waals surface area contributed by atoms with Gasteiger partial charge in [0.25, 0.3) is 0 Å². The number of nitrogens with one attached hydrogen (secondary N) is 1. The number of aryl methyl sites for hydroxylation is 1. The summed E-state index contributed by atoms with van der Waals surface area (Å²) in [6.45, 7) is 2.84. The normalized spacial score (nSPS) is 10.3. The van der Waals surface area contributed by atoms with Crippen LogP contribution in [0.3, 0.4) is 0 Å². The number of halogens is 2. The summed E-state index contributed by atoms with van der Waals surface area (Å²) in [7, 11) is 0. The number of hydrogen-bond acceptors (Lipinski definition) is 2. The van der Waals surface area contributed by atoms with E-state index < -0.39 is 0 Å². The zero-order valence-corrected chi connectivity index (χ0v) is 11.7. The van der Waals surface area contributed by atoms with Gasteiger partial charge in [0.1, 0.15) is 0 Å². The molecule has 1 heterocycles. The lowest BCUT2D eigenvalue weighted by Gasteiger charge is -2.10. The van der Waals surface area contributed by atoms with Crippen LogP contribution >= 0.6 is 27.5 Å². The third kappa shape index (κ3) is 3.20. The van der Waals surface area contributed by atoms with Crippen molar-refractivity contribution < 1.29 is 0 Å². The van der Waals surface area contributed by atoms with Crippen molar-refractivity contribution >= 4 is 33.2 Å². The van der Waals surface area contributed by atoms with E-state index in [9.17, 15) is 0 Å². The number of benzene rings is 1. The molecule has 17 heavy (non-hydrogen) atoms. The predicted molar refractivity (Wildman–Crippen MR) is 75.5 cm³/mol. The van der Waals surface area contributed by atoms with Crippen molar-refractivity contribution in [1.82, 2.24) is 4.98 Å². The van der Waals surface area contributed by atoms with E-state index in [-0.39, 0.29) is 0 Å². The zero-order chi connectivity index (χ0) is 12.3. The van der Waals surface area contributed by atoms with Crippen LogP contribution in [0, 0.1) is 6.92 Å². The summed E-state index contributed by atoms with van der Waals surface area (Å²) in [4.78, 5) is 4.07. The monoisotopic (exact) mass is 310 g/mol. The summed E-state index contributed by atoms with van der Waals surface area (Å²) in [5.74, 6) is 0. The maximum absolute atomic E-state index is 6.01. The number of hydrogen-bond donors (Lipinski definition) is 1. The fourth-order valence-corrected chi connectivity index (χ4v) is 2.05. The van der Waals surface area contributed by atoms with Crippen LogP contribution in [-0.4, -0.2) is 4.98 Å². The number of nitrogens with zero attached hydrogens (tertiary/aromatic N) is 1. The Morgan fingerprint density at radius 1 is 1.35 bits per heavy atom. The van der Waals surface area contributed by atoms with Crippen LogP contribution in [0.2, 0.25) is 5.15 Å². The molecule has 1 N–H and O–H groups in total. The highest BCUT2D eigenvalue weighted by molar-refractivity contribution is 9.10. The maximum Gasteiger partial charge on any atom is 0.152 e. The van der Waals surface area contributed by atoms with E-state index >= 15 is 0 Å². The summed E-state index contributed by atoms with van der Waals surface area (Å²) in [5, 5.41) is 3.77. The molecule has 2 rings (SSSR count). The van der Waals surface area contributed by atoms with E-state index in [1.165, 1.54) is 11.1 Å². The fraction of sp³-hybridized carbons (Fsp3) is 0.154. The second kappa shape index (κ2) is 5.52. The van der Waals surface area contributed by atoms with Gasteiger partial charge in [-0.05, 0) is 40.0 Å². The van der Waals surface area contributed by atoms with Crippen molar-refractivity contribution in [2.24, 2.45) is 0 Å². The number of pyridine rings is 1. The SMILES string of the molecule is Cc1ccccc1CNc1cc(Br)cnc1Cl. The third-order valence-electron chi connectivity index (χ3n) is 2.54. The van der Waals surface area contributed by atoms with Gasteiger partial charge >= 0.3 is 0 Å². The van der Waals surface area contributed by atoms with Gasteiger partial charge in [-0.1, -0.05) is 35.9 Å². The summed E-state index contributed by atoms with van der Waals surface area (Å²) >= 11 is 9.38. The number of anilines is 1. The van der Waals surface area contributed by atoms with Gasteiger partial charge < -0.3 is 5.32 Å². The molecule has 0 aliphatic heterocycles. The lowest BCUT2D eigenvalue weighted by atomic mass is 10.1. The molecule has 0 amide bonds. The van der Waals surface area contributed by atoms with E-state index in [2.05, 4.69) is 45.3 Å². The molecule has 0 fully saturated rings. The van der Waals surface area contributed by atoms with E-state index in [4.69, 9.17) is 11.6 Å². The summed E-state index contributed by atoms with van der Waals surface area (Å²) in [5.41, 5.74) is 3.35. The van der Waals surface area contributed by atoms with Gasteiger partial charge in [0.15, 0.2) is 5.15 Å². The smallest absolute Gasteiger partial charge is 0.152 e. The molecule has 4 heteroatoms. The largest absolute Gasteiger partial charge is 0.378 e. The molecular formula is C13H12BrClN2. The summed E-state index contributed by atoms with van der Waals surface area (Å²) in [6.07, 6.45) is 1.68. The molecule has 88 valence electrons. The molecule has 2 nitrogen and oxygen atoms in total. The molecule has 0 unspecified atom stereocenters. The first-order chi connectivity index (χ1) is 8.16. The van der Waals surface area contributed by atoms with Gasteiger partial charge in [-0.3, -0.25) is 0 Å². The topological polar surface area (TPSA) is 24.9 Å². The maximum atomic E-state index is 6.01. The van der Waals surface area contributed by atoms with Crippen molar-refractivity contribution in [2.45, 2.75) is 13.5 Å². The molecule has 0 bridgehead atoms. The van der Waals surface area contributed by atoms with Crippen LogP contribution in [0.15, 0.2) is 41.0 Å². The average Bonchev–Trinajstić information content (AvgIpc) is 2.32. The van der Waals surface area contributed by atoms with Gasteiger partial charge in [-0.25, -0.2) is 4.98 Å². The Morgan fingerprint density at radius 2 is 2.12 bits per heavy atom. The molecule has 0 saturated heterocycles. The Balaban J connectivity index is 2.12. The van der Waals surface area contributed by atoms with E-state index in [0.29, 0.717) is 5.15 Å². The lowest BCUT2D eigenvalue weighted by molar-refractivity contribution is 1.11. The second-order valence-electron chi connectivity index (χ2n) is 3.77. The molecular weight excluding hydrogens is 300 g/mol. The quantitative estimate of drug-likeness (QED) is 0.849. The minimum atomic E-state index is 0.488. The molecule has 1 aromatic carbocycles. The van der Waals surface area contributed by atoms with Crippen LogP contribution < -0.4 is 5.32 Å². The molecule has 0 radical (unpaired) electrons. The summed E-state index contributed by atoms with van der Waals surface area (Å²) < 4.78 is 0.911. The molecule has 0 aliphatic carbocycles. The van der Waals surface area contributed by atoms with Gasteiger partial charge in [0.2, 0.25) is 0 Å². The first-order valence-electron chi connectivity index (χ1n) is 5.26. The minimum absolute atomic E-state index is 0.488. The van der Waals surface area contributed by atoms with Crippen molar-refractivity contribution in [3.63, 3.8) is 0 Å². The van der Waals surface area contributed by atoms with E-state index in [1.54, 1.807) is 6.20 Å². The highest BCUT2D eigenvalue weighted by Crippen LogP contribution is 2.23. The Bertz CT molecular complexity index is 529. The molecule has 0 saturated carbocycles. The fourth-order valence-electron chi connectivity index (χ4n) is 1.55. The highest BCUT2D eigenvalue weighted by Gasteiger charge is 2.03. The lowest BCUT2D eigenvalue weighted by Crippen LogP contribution is -2.02. The van der Waals surface area contributed by atoms with Crippen molar-refractivity contribution in [2.75, 3.05) is 5.32 Å². The van der Waals surface area contributed by atoms with Gasteiger partial charge in [0, 0.05) is 17.2 Å². The van der Waals surface area contributed by atoms with Crippen molar-refractivity contribution in [1.29, 1.82) is 0 Å². The van der Waals surface area contributed by atoms with Crippen LogP contribution in [-0.2, 0) is 6.54 Å². The van der Waals surface area contributed by atoms with E-state index in [0.717, 1.165) is 16.7 Å². The Morgan fingerprint density at radius 3 is 2.88 bits per heavy atom. The van der Waals surface area contributed by atoms with Gasteiger partial charge in [-0.2, -0.15) is 0 Å². The van der Waals surface area contributed by atoms with Gasteiger partial charge in [0.05, 0.1) is 5.69 Å². The summed E-state index contributed by atoms with van der Waals surface area (Å²) in [6, 6.07) is 10.2. The number of rotatable bonds is 3. The molecule has 0 aliphatic rings. The van der Waals surface area contributed by atoms with Crippen LogP contribution in [0.4, 0.5) is 5.69 Å². The Kier molecular flexibility index (Phi) is 4.02. The first kappa shape index (κ1) is 12.4. The standard InChI is InChI=1S/C13H12BrClN2/c1-9-4-2-3-5-10(9)7-16-12-6-11(14)8-17-13(12)15/h2-6,8,16H,7H2,1H3. The van der Waals surface area contributed by atoms with Crippen molar-refractivity contribution in [3.8, 4) is 0 Å². The molecule has 0 spiro atoms. The third-order valence-corrected chi connectivity index (χ3v) is 3.27. The number of aromatic nitrogens is 1. The average molecular weight is 312 g/mol. The van der Waals surface area contributed by atoms with Crippen LogP contribution in [0.1, 0.15) is 11.1 Å². The van der Waals surface area contributed by atoms with Crippen LogP contribution in [0.25, 0.3) is 0 Å². The first-order valence-corrected chi connectivity index (χ1v) is 6.43. The van der Waals surface area contributed by atoms with Gasteiger partial charge in [-0.15, -0.1) is 0 Å². The van der Waals surface area contributed by atoms with Crippen LogP contribution in [0.5, 0.6) is 0 Å². The second-order valence-corrected chi connectivity index (χ2v) is 5.05. The van der Waals surface area contributed by atoms with Crippen molar-refractivity contribution in [3.05, 3.63) is 57.3 Å². The highest BCUT2D eigenvalue weighted by atomic mass is 79.9. The molecule has 2 aromatic rings. The molecule has 0 atom stereocenters. The molecule has 1 aromatic heterocycles. The minimum Gasteiger partial charge on any atom is -0.378 e.